The third kappa shape index (κ3) is 4.67. The van der Waals surface area contributed by atoms with Crippen molar-refractivity contribution in [2.45, 2.75) is 44.4 Å². The van der Waals surface area contributed by atoms with Gasteiger partial charge < -0.3 is 4.74 Å². The summed E-state index contributed by atoms with van der Waals surface area (Å²) in [5.74, 6) is 0.821. The lowest BCUT2D eigenvalue weighted by atomic mass is 9.65. The SMILES string of the molecule is CC(C)(C)OC(=O)C1NC(c2ccccc2)C2(CSC/C(=C\c3cccs3)C2=O)C1c1cccs1. The fourth-order valence-corrected chi connectivity index (χ4v) is 8.25. The van der Waals surface area contributed by atoms with Crippen LogP contribution in [0.1, 0.15) is 48.0 Å². The van der Waals surface area contributed by atoms with Crippen LogP contribution in [0.4, 0.5) is 0 Å². The van der Waals surface area contributed by atoms with Gasteiger partial charge in [-0.15, -0.1) is 22.7 Å². The van der Waals surface area contributed by atoms with Crippen LogP contribution in [0, 0.1) is 5.41 Å². The van der Waals surface area contributed by atoms with Crippen LogP contribution in [-0.4, -0.2) is 34.9 Å². The highest BCUT2D eigenvalue weighted by molar-refractivity contribution is 7.99. The number of rotatable bonds is 4. The average Bonchev–Trinajstić information content (AvgIpc) is 3.57. The molecule has 3 aromatic rings. The molecule has 7 heteroatoms. The molecule has 4 heterocycles. The van der Waals surface area contributed by atoms with E-state index in [2.05, 4.69) is 23.5 Å². The van der Waals surface area contributed by atoms with E-state index in [-0.39, 0.29) is 23.7 Å². The summed E-state index contributed by atoms with van der Waals surface area (Å²) < 4.78 is 5.89. The molecule has 0 radical (unpaired) electrons. The van der Waals surface area contributed by atoms with Gasteiger partial charge in [-0.25, -0.2) is 0 Å². The lowest BCUT2D eigenvalue weighted by Crippen LogP contribution is -2.47. The van der Waals surface area contributed by atoms with Crippen molar-refractivity contribution in [3.05, 3.63) is 86.2 Å². The standard InChI is InChI=1S/C28H29NO3S3/c1-27(2,3)32-26(31)23-22(21-12-8-14-35-21)28(24(29-23)18-9-5-4-6-10-18)17-33-16-19(25(28)30)15-20-11-7-13-34-20/h4-15,22-24,29H,16-17H2,1-3H3/b19-15+. The van der Waals surface area contributed by atoms with Crippen molar-refractivity contribution in [2.75, 3.05) is 11.5 Å². The zero-order chi connectivity index (χ0) is 24.6. The van der Waals surface area contributed by atoms with E-state index in [0.717, 1.165) is 20.9 Å². The fourth-order valence-electron chi connectivity index (χ4n) is 5.25. The lowest BCUT2D eigenvalue weighted by molar-refractivity contribution is -0.157. The number of Topliss-reactive ketones (excluding diaryl/α,β-unsaturated/α-hetero) is 1. The zero-order valence-electron chi connectivity index (χ0n) is 20.0. The summed E-state index contributed by atoms with van der Waals surface area (Å²) in [7, 11) is 0. The maximum Gasteiger partial charge on any atom is 0.324 e. The molecule has 5 rings (SSSR count). The molecular formula is C28H29NO3S3. The number of hydrogen-bond donors (Lipinski definition) is 1. The van der Waals surface area contributed by atoms with Crippen LogP contribution in [0.3, 0.4) is 0 Å². The molecule has 0 bridgehead atoms. The smallest absolute Gasteiger partial charge is 0.324 e. The second-order valence-corrected chi connectivity index (χ2v) is 13.0. The third-order valence-electron chi connectivity index (χ3n) is 6.57. The summed E-state index contributed by atoms with van der Waals surface area (Å²) in [4.78, 5) is 30.3. The van der Waals surface area contributed by atoms with Gasteiger partial charge in [0.05, 0.1) is 5.41 Å². The Morgan fingerprint density at radius 3 is 2.46 bits per heavy atom. The Bertz CT molecular complexity index is 1210. The van der Waals surface area contributed by atoms with Crippen LogP contribution in [-0.2, 0) is 14.3 Å². The van der Waals surface area contributed by atoms with E-state index >= 15 is 0 Å². The molecule has 2 aliphatic rings. The molecule has 4 atom stereocenters. The summed E-state index contributed by atoms with van der Waals surface area (Å²) in [5, 5.41) is 7.66. The van der Waals surface area contributed by atoms with E-state index in [1.54, 1.807) is 34.4 Å². The van der Waals surface area contributed by atoms with E-state index in [4.69, 9.17) is 4.74 Å². The molecule has 2 aromatic heterocycles. The second kappa shape index (κ2) is 9.69. The van der Waals surface area contributed by atoms with E-state index in [1.165, 1.54) is 0 Å². The number of nitrogens with one attached hydrogen (secondary N) is 1. The number of ether oxygens (including phenoxy) is 1. The summed E-state index contributed by atoms with van der Waals surface area (Å²) >= 11 is 5.02. The number of carbonyl (C=O) groups is 2. The quantitative estimate of drug-likeness (QED) is 0.320. The molecule has 1 aromatic carbocycles. The topological polar surface area (TPSA) is 55.4 Å². The van der Waals surface area contributed by atoms with Gasteiger partial charge in [0.1, 0.15) is 11.6 Å². The molecular weight excluding hydrogens is 495 g/mol. The van der Waals surface area contributed by atoms with Crippen molar-refractivity contribution in [3.63, 3.8) is 0 Å². The van der Waals surface area contributed by atoms with E-state index < -0.39 is 17.1 Å². The van der Waals surface area contributed by atoms with Gasteiger partial charge in [0.15, 0.2) is 5.78 Å². The van der Waals surface area contributed by atoms with Gasteiger partial charge in [0.2, 0.25) is 0 Å². The van der Waals surface area contributed by atoms with Crippen LogP contribution in [0.2, 0.25) is 0 Å². The molecule has 2 saturated heterocycles. The van der Waals surface area contributed by atoms with Crippen LogP contribution in [0.15, 0.2) is 70.9 Å². The normalized spacial score (nSPS) is 28.0. The van der Waals surface area contributed by atoms with Crippen molar-refractivity contribution in [1.82, 2.24) is 5.32 Å². The van der Waals surface area contributed by atoms with Gasteiger partial charge in [-0.1, -0.05) is 42.5 Å². The molecule has 2 aliphatic heterocycles. The lowest BCUT2D eigenvalue weighted by Gasteiger charge is -2.42. The van der Waals surface area contributed by atoms with E-state index in [9.17, 15) is 9.59 Å². The van der Waals surface area contributed by atoms with Gasteiger partial charge in [-0.2, -0.15) is 11.8 Å². The first kappa shape index (κ1) is 24.5. The van der Waals surface area contributed by atoms with Crippen LogP contribution < -0.4 is 5.32 Å². The predicted octanol–water partition coefficient (Wildman–Crippen LogP) is 6.33. The first-order chi connectivity index (χ1) is 16.8. The van der Waals surface area contributed by atoms with Crippen molar-refractivity contribution in [3.8, 4) is 0 Å². The van der Waals surface area contributed by atoms with Gasteiger partial charge in [-0.3, -0.25) is 14.9 Å². The van der Waals surface area contributed by atoms with Crippen LogP contribution >= 0.6 is 34.4 Å². The minimum Gasteiger partial charge on any atom is -0.459 e. The van der Waals surface area contributed by atoms with Crippen molar-refractivity contribution < 1.29 is 14.3 Å². The number of ketones is 1. The Hall–Kier alpha value is -2.19. The molecule has 2 fully saturated rings. The minimum absolute atomic E-state index is 0.135. The molecule has 4 unspecified atom stereocenters. The van der Waals surface area contributed by atoms with Crippen molar-refractivity contribution >= 4 is 52.3 Å². The first-order valence-corrected chi connectivity index (χ1v) is 14.6. The highest BCUT2D eigenvalue weighted by Crippen LogP contribution is 2.59. The fraction of sp³-hybridized carbons (Fsp3) is 0.357. The van der Waals surface area contributed by atoms with E-state index in [1.807, 2.05) is 74.0 Å². The Kier molecular flexibility index (Phi) is 6.79. The van der Waals surface area contributed by atoms with Crippen molar-refractivity contribution in [2.24, 2.45) is 5.41 Å². The maximum absolute atomic E-state index is 14.6. The molecule has 0 saturated carbocycles. The highest BCUT2D eigenvalue weighted by Gasteiger charge is 2.64. The number of hydrogen-bond acceptors (Lipinski definition) is 7. The van der Waals surface area contributed by atoms with Gasteiger partial charge >= 0.3 is 5.97 Å². The molecule has 182 valence electrons. The van der Waals surface area contributed by atoms with Crippen molar-refractivity contribution in [1.29, 1.82) is 0 Å². The Balaban J connectivity index is 1.67. The number of thioether (sulfide) groups is 1. The largest absolute Gasteiger partial charge is 0.459 e. The van der Waals surface area contributed by atoms with Gasteiger partial charge in [0.25, 0.3) is 0 Å². The third-order valence-corrected chi connectivity index (χ3v) is 9.54. The summed E-state index contributed by atoms with van der Waals surface area (Å²) in [6.45, 7) is 5.65. The molecule has 0 amide bonds. The molecule has 0 aliphatic carbocycles. The Morgan fingerprint density at radius 2 is 1.80 bits per heavy atom. The average molecular weight is 524 g/mol. The predicted molar refractivity (Wildman–Crippen MR) is 146 cm³/mol. The molecule has 4 nitrogen and oxygen atoms in total. The van der Waals surface area contributed by atoms with Gasteiger partial charge in [-0.05, 0) is 55.3 Å². The zero-order valence-corrected chi connectivity index (χ0v) is 22.5. The summed E-state index contributed by atoms with van der Waals surface area (Å²) in [6.07, 6.45) is 2.04. The maximum atomic E-state index is 14.6. The number of thiophene rings is 2. The second-order valence-electron chi connectivity index (χ2n) is 10.1. The van der Waals surface area contributed by atoms with Crippen LogP contribution in [0.25, 0.3) is 6.08 Å². The number of carbonyl (C=O) groups excluding carboxylic acids is 2. The highest BCUT2D eigenvalue weighted by atomic mass is 32.2. The van der Waals surface area contributed by atoms with Gasteiger partial charge in [0, 0.05) is 38.8 Å². The first-order valence-electron chi connectivity index (χ1n) is 11.7. The molecule has 1 spiro atoms. The molecule has 1 N–H and O–H groups in total. The number of esters is 1. The Labute approximate surface area is 218 Å². The minimum atomic E-state index is -0.806. The monoisotopic (exact) mass is 523 g/mol. The summed E-state index contributed by atoms with van der Waals surface area (Å²) in [6, 6.07) is 17.2. The number of benzene rings is 1. The Morgan fingerprint density at radius 1 is 1.06 bits per heavy atom. The van der Waals surface area contributed by atoms with Crippen LogP contribution in [0.5, 0.6) is 0 Å². The summed E-state index contributed by atoms with van der Waals surface area (Å²) in [5.41, 5.74) is 0.413. The van der Waals surface area contributed by atoms with E-state index in [0.29, 0.717) is 11.5 Å². The molecule has 35 heavy (non-hydrogen) atoms.